The fourth-order valence-corrected chi connectivity index (χ4v) is 5.24. The number of carbonyl (C=O) groups is 1. The summed E-state index contributed by atoms with van der Waals surface area (Å²) in [5.41, 5.74) is 4.79. The largest absolute Gasteiger partial charge is 0.390 e. The zero-order chi connectivity index (χ0) is 24.9. The van der Waals surface area contributed by atoms with Gasteiger partial charge in [-0.2, -0.15) is 0 Å². The molecule has 184 valence electrons. The highest BCUT2D eigenvalue weighted by molar-refractivity contribution is 6.05. The van der Waals surface area contributed by atoms with Crippen LogP contribution in [0.3, 0.4) is 0 Å². The Morgan fingerprint density at radius 3 is 2.81 bits per heavy atom. The second kappa shape index (κ2) is 8.60. The summed E-state index contributed by atoms with van der Waals surface area (Å²) >= 11 is 0. The number of amides is 1. The van der Waals surface area contributed by atoms with Gasteiger partial charge in [0.05, 0.1) is 52.5 Å². The molecular weight excluding hydrogens is 454 g/mol. The maximum absolute atomic E-state index is 12.8. The van der Waals surface area contributed by atoms with Gasteiger partial charge in [0.1, 0.15) is 11.5 Å². The molecular formula is C27H29N7O2. The Bertz CT molecular complexity index is 1440. The first kappa shape index (κ1) is 22.5. The van der Waals surface area contributed by atoms with Gasteiger partial charge in [-0.15, -0.1) is 0 Å². The number of pyridine rings is 3. The Hall–Kier alpha value is -3.98. The monoisotopic (exact) mass is 483 g/mol. The van der Waals surface area contributed by atoms with E-state index in [1.165, 1.54) is 0 Å². The molecule has 4 aromatic rings. The molecule has 3 N–H and O–H groups in total. The summed E-state index contributed by atoms with van der Waals surface area (Å²) in [5.74, 6) is 0.733. The number of nitrogens with zero attached hydrogens (tertiary/aromatic N) is 5. The second-order valence-electron chi connectivity index (χ2n) is 10.1. The van der Waals surface area contributed by atoms with Crippen LogP contribution < -0.4 is 15.5 Å². The predicted molar refractivity (Wildman–Crippen MR) is 138 cm³/mol. The molecule has 6 rings (SSSR count). The van der Waals surface area contributed by atoms with Crippen LogP contribution in [0.15, 0.2) is 55.1 Å². The van der Waals surface area contributed by atoms with Gasteiger partial charge < -0.3 is 20.6 Å². The molecule has 0 bridgehead atoms. The summed E-state index contributed by atoms with van der Waals surface area (Å²) in [6.45, 7) is 5.94. The van der Waals surface area contributed by atoms with E-state index in [0.717, 1.165) is 54.2 Å². The lowest BCUT2D eigenvalue weighted by Crippen LogP contribution is -2.44. The van der Waals surface area contributed by atoms with Crippen molar-refractivity contribution in [1.29, 1.82) is 0 Å². The summed E-state index contributed by atoms with van der Waals surface area (Å²) in [5, 5.41) is 16.7. The molecule has 1 amide bonds. The van der Waals surface area contributed by atoms with E-state index in [1.54, 1.807) is 12.4 Å². The smallest absolute Gasteiger partial charge is 0.254 e. The number of aliphatic hydroxyl groups is 1. The molecule has 0 saturated carbocycles. The lowest BCUT2D eigenvalue weighted by atomic mass is 9.84. The molecule has 1 fully saturated rings. The third-order valence-corrected chi connectivity index (χ3v) is 7.29. The first-order valence-corrected chi connectivity index (χ1v) is 12.3. The van der Waals surface area contributed by atoms with Crippen molar-refractivity contribution in [3.05, 3.63) is 66.2 Å². The average molecular weight is 484 g/mol. The predicted octanol–water partition coefficient (Wildman–Crippen LogP) is 3.77. The fourth-order valence-electron chi connectivity index (χ4n) is 5.24. The molecule has 0 aliphatic carbocycles. The van der Waals surface area contributed by atoms with Crippen LogP contribution >= 0.6 is 0 Å². The van der Waals surface area contributed by atoms with E-state index in [2.05, 4.69) is 25.5 Å². The molecule has 0 radical (unpaired) electrons. The molecule has 1 atom stereocenters. The van der Waals surface area contributed by atoms with Gasteiger partial charge in [0.25, 0.3) is 5.91 Å². The SMILES string of the molecule is CC(C)(O)C1CCCN(c2ccc(Nc3cnc(-c4cnc5ccccn45)c4c3C(=O)NC4)nc2)C1. The number of fused-ring (bicyclic) bond motifs is 2. The molecule has 0 aromatic carbocycles. The summed E-state index contributed by atoms with van der Waals surface area (Å²) < 4.78 is 1.97. The standard InChI is InChI=1S/C27H29N7O2/c1-27(2,36)17-6-5-10-33(16-17)18-8-9-22(28-12-18)32-20-14-30-25(19-13-31-26(35)24(19)20)21-15-29-23-7-3-4-11-34(21)23/h3-4,7-9,11-12,14-15,17,36H,5-6,10,13,16H2,1-2H3,(H,28,32)(H,31,35). The molecule has 9 nitrogen and oxygen atoms in total. The lowest BCUT2D eigenvalue weighted by Gasteiger charge is -2.39. The molecule has 0 spiro atoms. The highest BCUT2D eigenvalue weighted by Gasteiger charge is 2.32. The van der Waals surface area contributed by atoms with Crippen LogP contribution in [-0.2, 0) is 6.54 Å². The van der Waals surface area contributed by atoms with Crippen LogP contribution in [0, 0.1) is 5.92 Å². The van der Waals surface area contributed by atoms with Crippen molar-refractivity contribution in [1.82, 2.24) is 24.7 Å². The van der Waals surface area contributed by atoms with Crippen molar-refractivity contribution < 1.29 is 9.90 Å². The third-order valence-electron chi connectivity index (χ3n) is 7.29. The highest BCUT2D eigenvalue weighted by atomic mass is 16.3. The summed E-state index contributed by atoms with van der Waals surface area (Å²) in [7, 11) is 0. The normalized spacial score (nSPS) is 17.8. The summed E-state index contributed by atoms with van der Waals surface area (Å²) in [6.07, 6.45) is 9.33. The van der Waals surface area contributed by atoms with Gasteiger partial charge in [0.2, 0.25) is 0 Å². The van der Waals surface area contributed by atoms with Crippen LogP contribution in [0.25, 0.3) is 17.0 Å². The minimum atomic E-state index is -0.697. The topological polar surface area (TPSA) is 108 Å². The van der Waals surface area contributed by atoms with Crippen LogP contribution in [0.4, 0.5) is 17.2 Å². The van der Waals surface area contributed by atoms with Gasteiger partial charge in [-0.05, 0) is 51.0 Å². The van der Waals surface area contributed by atoms with Crippen molar-refractivity contribution in [2.24, 2.45) is 5.92 Å². The molecule has 1 saturated heterocycles. The molecule has 6 heterocycles. The highest BCUT2D eigenvalue weighted by Crippen LogP contribution is 2.34. The van der Waals surface area contributed by atoms with E-state index >= 15 is 0 Å². The second-order valence-corrected chi connectivity index (χ2v) is 10.1. The van der Waals surface area contributed by atoms with Crippen LogP contribution in [0.1, 0.15) is 42.6 Å². The van der Waals surface area contributed by atoms with E-state index in [9.17, 15) is 9.90 Å². The van der Waals surface area contributed by atoms with Crippen molar-refractivity contribution >= 4 is 28.7 Å². The van der Waals surface area contributed by atoms with E-state index < -0.39 is 5.60 Å². The lowest BCUT2D eigenvalue weighted by molar-refractivity contribution is 0.0110. The number of nitrogens with one attached hydrogen (secondary N) is 2. The number of carbonyl (C=O) groups excluding carboxylic acids is 1. The Morgan fingerprint density at radius 2 is 2.00 bits per heavy atom. The number of piperidine rings is 1. The molecule has 4 aromatic heterocycles. The van der Waals surface area contributed by atoms with Crippen molar-refractivity contribution in [3.63, 3.8) is 0 Å². The number of hydrogen-bond acceptors (Lipinski definition) is 7. The van der Waals surface area contributed by atoms with Crippen molar-refractivity contribution in [2.45, 2.75) is 38.8 Å². The molecule has 2 aliphatic rings. The molecule has 36 heavy (non-hydrogen) atoms. The number of rotatable bonds is 5. The minimum Gasteiger partial charge on any atom is -0.390 e. The zero-order valence-corrected chi connectivity index (χ0v) is 20.4. The van der Waals surface area contributed by atoms with Gasteiger partial charge in [-0.3, -0.25) is 14.2 Å². The number of anilines is 3. The first-order chi connectivity index (χ1) is 17.4. The van der Waals surface area contributed by atoms with Crippen LogP contribution in [0.5, 0.6) is 0 Å². The Labute approximate surface area is 209 Å². The first-order valence-electron chi connectivity index (χ1n) is 12.3. The van der Waals surface area contributed by atoms with Crippen molar-refractivity contribution in [3.8, 4) is 11.4 Å². The molecule has 2 aliphatic heterocycles. The maximum Gasteiger partial charge on any atom is 0.254 e. The number of imidazole rings is 1. The third kappa shape index (κ3) is 3.95. The molecule has 1 unspecified atom stereocenters. The van der Waals surface area contributed by atoms with E-state index in [4.69, 9.17) is 4.98 Å². The van der Waals surface area contributed by atoms with E-state index in [-0.39, 0.29) is 11.8 Å². The van der Waals surface area contributed by atoms with E-state index in [1.807, 2.05) is 61.0 Å². The van der Waals surface area contributed by atoms with Gasteiger partial charge in [-0.25, -0.2) is 9.97 Å². The summed E-state index contributed by atoms with van der Waals surface area (Å²) in [6, 6.07) is 9.77. The Balaban J connectivity index is 1.27. The van der Waals surface area contributed by atoms with Crippen molar-refractivity contribution in [2.75, 3.05) is 23.3 Å². The zero-order valence-electron chi connectivity index (χ0n) is 20.4. The van der Waals surface area contributed by atoms with Gasteiger partial charge in [0.15, 0.2) is 0 Å². The average Bonchev–Trinajstić information content (AvgIpc) is 3.49. The number of hydrogen-bond donors (Lipinski definition) is 3. The Morgan fingerprint density at radius 1 is 1.11 bits per heavy atom. The number of aromatic nitrogens is 4. The van der Waals surface area contributed by atoms with Gasteiger partial charge in [0, 0.05) is 37.3 Å². The minimum absolute atomic E-state index is 0.132. The molecule has 9 heteroatoms. The fraction of sp³-hybridized carbons (Fsp3) is 0.333. The van der Waals surface area contributed by atoms with Gasteiger partial charge in [-0.1, -0.05) is 6.07 Å². The maximum atomic E-state index is 12.8. The quantitative estimate of drug-likeness (QED) is 0.397. The Kier molecular flexibility index (Phi) is 5.37. The van der Waals surface area contributed by atoms with Gasteiger partial charge >= 0.3 is 0 Å². The summed E-state index contributed by atoms with van der Waals surface area (Å²) in [4.78, 5) is 28.9. The van der Waals surface area contributed by atoms with Crippen LogP contribution in [0.2, 0.25) is 0 Å². The van der Waals surface area contributed by atoms with Crippen LogP contribution in [-0.4, -0.2) is 49.1 Å². The van der Waals surface area contributed by atoms with E-state index in [0.29, 0.717) is 23.6 Å².